The van der Waals surface area contributed by atoms with Crippen molar-refractivity contribution in [3.63, 3.8) is 0 Å². The van der Waals surface area contributed by atoms with E-state index in [1.165, 1.54) is 17.7 Å². The SMILES string of the molecule is CCc1ccc(NC(=O)N2CC(C(=O)Nc3cccc(F)c3)C3(CCOCC3)C2)cc1. The zero-order valence-electron chi connectivity index (χ0n) is 17.7. The van der Waals surface area contributed by atoms with Crippen LogP contribution in [-0.2, 0) is 16.0 Å². The fourth-order valence-corrected chi connectivity index (χ4v) is 4.59. The predicted molar refractivity (Wildman–Crippen MR) is 117 cm³/mol. The summed E-state index contributed by atoms with van der Waals surface area (Å²) in [4.78, 5) is 27.8. The van der Waals surface area contributed by atoms with Gasteiger partial charge in [0, 0.05) is 43.1 Å². The number of anilines is 2. The molecule has 3 amide bonds. The van der Waals surface area contributed by atoms with E-state index >= 15 is 0 Å². The summed E-state index contributed by atoms with van der Waals surface area (Å²) in [6.07, 6.45) is 2.36. The lowest BCUT2D eigenvalue weighted by Gasteiger charge is -2.37. The second kappa shape index (κ2) is 9.06. The van der Waals surface area contributed by atoms with Crippen LogP contribution >= 0.6 is 0 Å². The van der Waals surface area contributed by atoms with Gasteiger partial charge in [0.05, 0.1) is 5.92 Å². The lowest BCUT2D eigenvalue weighted by Crippen LogP contribution is -2.42. The van der Waals surface area contributed by atoms with E-state index in [4.69, 9.17) is 4.74 Å². The molecule has 2 heterocycles. The van der Waals surface area contributed by atoms with E-state index in [-0.39, 0.29) is 23.3 Å². The molecule has 1 unspecified atom stereocenters. The first-order chi connectivity index (χ1) is 15.0. The maximum atomic E-state index is 13.5. The standard InChI is InChI=1S/C24H28FN3O3/c1-2-17-6-8-19(9-7-17)27-23(30)28-15-21(24(16-28)10-12-31-13-11-24)22(29)26-20-5-3-4-18(25)14-20/h3-9,14,21H,2,10-13,15-16H2,1H3,(H,26,29)(H,27,30). The second-order valence-corrected chi connectivity index (χ2v) is 8.39. The molecule has 1 spiro atoms. The highest BCUT2D eigenvalue weighted by molar-refractivity contribution is 5.95. The van der Waals surface area contributed by atoms with Gasteiger partial charge >= 0.3 is 6.03 Å². The molecule has 2 fully saturated rings. The molecule has 164 valence electrons. The fourth-order valence-electron chi connectivity index (χ4n) is 4.59. The molecule has 0 radical (unpaired) electrons. The molecule has 31 heavy (non-hydrogen) atoms. The van der Waals surface area contributed by atoms with E-state index in [0.29, 0.717) is 44.8 Å². The third-order valence-corrected chi connectivity index (χ3v) is 6.45. The van der Waals surface area contributed by atoms with Crippen LogP contribution in [0.15, 0.2) is 48.5 Å². The Kier molecular flexibility index (Phi) is 6.23. The molecule has 7 heteroatoms. The molecular weight excluding hydrogens is 397 g/mol. The summed E-state index contributed by atoms with van der Waals surface area (Å²) in [5, 5.41) is 5.79. The van der Waals surface area contributed by atoms with Gasteiger partial charge in [0.1, 0.15) is 5.82 Å². The summed E-state index contributed by atoms with van der Waals surface area (Å²) >= 11 is 0. The summed E-state index contributed by atoms with van der Waals surface area (Å²) in [6, 6.07) is 13.4. The molecule has 4 rings (SSSR count). The van der Waals surface area contributed by atoms with Crippen LogP contribution in [0.4, 0.5) is 20.6 Å². The monoisotopic (exact) mass is 425 g/mol. The Morgan fingerprint density at radius 2 is 1.84 bits per heavy atom. The van der Waals surface area contributed by atoms with Crippen LogP contribution in [0.1, 0.15) is 25.3 Å². The van der Waals surface area contributed by atoms with Crippen LogP contribution in [0.5, 0.6) is 0 Å². The number of carbonyl (C=O) groups excluding carboxylic acids is 2. The number of likely N-dealkylation sites (tertiary alicyclic amines) is 1. The van der Waals surface area contributed by atoms with E-state index in [1.807, 2.05) is 24.3 Å². The average Bonchev–Trinajstić information content (AvgIpc) is 3.13. The maximum absolute atomic E-state index is 13.5. The van der Waals surface area contributed by atoms with E-state index in [2.05, 4.69) is 17.6 Å². The zero-order valence-corrected chi connectivity index (χ0v) is 17.7. The molecule has 0 saturated carbocycles. The molecule has 0 aliphatic carbocycles. The van der Waals surface area contributed by atoms with E-state index in [1.54, 1.807) is 17.0 Å². The second-order valence-electron chi connectivity index (χ2n) is 8.39. The molecule has 2 saturated heterocycles. The first-order valence-corrected chi connectivity index (χ1v) is 10.8. The summed E-state index contributed by atoms with van der Waals surface area (Å²) < 4.78 is 19.1. The van der Waals surface area contributed by atoms with Gasteiger partial charge < -0.3 is 20.3 Å². The van der Waals surface area contributed by atoms with Crippen LogP contribution < -0.4 is 10.6 Å². The number of aryl methyl sites for hydroxylation is 1. The molecule has 2 aromatic carbocycles. The van der Waals surface area contributed by atoms with Gasteiger partial charge in [0.2, 0.25) is 5.91 Å². The van der Waals surface area contributed by atoms with Crippen molar-refractivity contribution in [1.82, 2.24) is 4.90 Å². The Labute approximate surface area is 181 Å². The number of carbonyl (C=O) groups is 2. The molecular formula is C24H28FN3O3. The Balaban J connectivity index is 1.49. The van der Waals surface area contributed by atoms with Crippen molar-refractivity contribution in [3.8, 4) is 0 Å². The zero-order chi connectivity index (χ0) is 21.8. The van der Waals surface area contributed by atoms with Gasteiger partial charge in [-0.2, -0.15) is 0 Å². The Bertz CT molecular complexity index is 941. The molecule has 2 aliphatic rings. The number of halogens is 1. The van der Waals surface area contributed by atoms with Crippen molar-refractivity contribution < 1.29 is 18.7 Å². The molecule has 1 atom stereocenters. The third kappa shape index (κ3) is 4.71. The number of benzene rings is 2. The van der Waals surface area contributed by atoms with Crippen molar-refractivity contribution >= 4 is 23.3 Å². The Hall–Kier alpha value is -2.93. The van der Waals surface area contributed by atoms with Gasteiger partial charge in [0.25, 0.3) is 0 Å². The van der Waals surface area contributed by atoms with Gasteiger partial charge in [0.15, 0.2) is 0 Å². The normalized spacial score (nSPS) is 19.9. The van der Waals surface area contributed by atoms with Crippen LogP contribution in [0.2, 0.25) is 0 Å². The highest BCUT2D eigenvalue weighted by Crippen LogP contribution is 2.45. The number of hydrogen-bond donors (Lipinski definition) is 2. The molecule has 2 N–H and O–H groups in total. The minimum absolute atomic E-state index is 0.185. The lowest BCUT2D eigenvalue weighted by molar-refractivity contribution is -0.124. The van der Waals surface area contributed by atoms with E-state index in [9.17, 15) is 14.0 Å². The van der Waals surface area contributed by atoms with Crippen LogP contribution in [-0.4, -0.2) is 43.1 Å². The largest absolute Gasteiger partial charge is 0.381 e. The number of ether oxygens (including phenoxy) is 1. The molecule has 0 bridgehead atoms. The summed E-state index contributed by atoms with van der Waals surface area (Å²) in [5.74, 6) is -0.969. The number of hydrogen-bond acceptors (Lipinski definition) is 3. The first-order valence-electron chi connectivity index (χ1n) is 10.8. The summed E-state index contributed by atoms with van der Waals surface area (Å²) in [5.41, 5.74) is 2.02. The van der Waals surface area contributed by atoms with Gasteiger partial charge in [-0.3, -0.25) is 4.79 Å². The van der Waals surface area contributed by atoms with Gasteiger partial charge in [-0.15, -0.1) is 0 Å². The number of amides is 3. The van der Waals surface area contributed by atoms with E-state index < -0.39 is 5.82 Å². The maximum Gasteiger partial charge on any atom is 0.321 e. The van der Waals surface area contributed by atoms with Crippen LogP contribution in [0, 0.1) is 17.2 Å². The Morgan fingerprint density at radius 3 is 2.52 bits per heavy atom. The molecule has 0 aromatic heterocycles. The smallest absolute Gasteiger partial charge is 0.321 e. The molecule has 2 aromatic rings. The lowest BCUT2D eigenvalue weighted by atomic mass is 9.71. The topological polar surface area (TPSA) is 70.7 Å². The third-order valence-electron chi connectivity index (χ3n) is 6.45. The summed E-state index contributed by atoms with van der Waals surface area (Å²) in [7, 11) is 0. The highest BCUT2D eigenvalue weighted by atomic mass is 19.1. The number of urea groups is 1. The van der Waals surface area contributed by atoms with Crippen molar-refractivity contribution in [3.05, 3.63) is 59.9 Å². The van der Waals surface area contributed by atoms with Crippen LogP contribution in [0.3, 0.4) is 0 Å². The summed E-state index contributed by atoms with van der Waals surface area (Å²) in [6.45, 7) is 4.03. The minimum Gasteiger partial charge on any atom is -0.381 e. The van der Waals surface area contributed by atoms with Gasteiger partial charge in [-0.05, 0) is 55.2 Å². The quantitative estimate of drug-likeness (QED) is 0.768. The van der Waals surface area contributed by atoms with Crippen molar-refractivity contribution in [2.75, 3.05) is 36.9 Å². The average molecular weight is 426 g/mol. The minimum atomic E-state index is -0.403. The van der Waals surface area contributed by atoms with Crippen molar-refractivity contribution in [1.29, 1.82) is 0 Å². The fraction of sp³-hybridized carbons (Fsp3) is 0.417. The molecule has 6 nitrogen and oxygen atoms in total. The molecule has 2 aliphatic heterocycles. The predicted octanol–water partition coefficient (Wildman–Crippen LogP) is 4.29. The van der Waals surface area contributed by atoms with Crippen molar-refractivity contribution in [2.45, 2.75) is 26.2 Å². The number of nitrogens with zero attached hydrogens (tertiary/aromatic N) is 1. The van der Waals surface area contributed by atoms with E-state index in [0.717, 1.165) is 12.1 Å². The van der Waals surface area contributed by atoms with Crippen molar-refractivity contribution in [2.24, 2.45) is 11.3 Å². The van der Waals surface area contributed by atoms with Crippen LogP contribution in [0.25, 0.3) is 0 Å². The first kappa shape index (κ1) is 21.3. The van der Waals surface area contributed by atoms with Gasteiger partial charge in [-0.25, -0.2) is 9.18 Å². The Morgan fingerprint density at radius 1 is 1.10 bits per heavy atom. The number of rotatable bonds is 4. The highest BCUT2D eigenvalue weighted by Gasteiger charge is 2.51. The van der Waals surface area contributed by atoms with Gasteiger partial charge in [-0.1, -0.05) is 25.1 Å². The number of nitrogens with one attached hydrogen (secondary N) is 2.